The fourth-order valence-corrected chi connectivity index (χ4v) is 3.21. The zero-order valence-electron chi connectivity index (χ0n) is 11.4. The molecule has 0 saturated carbocycles. The molecule has 1 unspecified atom stereocenters. The van der Waals surface area contributed by atoms with Crippen molar-refractivity contribution in [3.8, 4) is 0 Å². The summed E-state index contributed by atoms with van der Waals surface area (Å²) in [5, 5.41) is 3.34. The van der Waals surface area contributed by atoms with E-state index in [0.29, 0.717) is 5.91 Å². The first-order chi connectivity index (χ1) is 9.34. The molecule has 1 fully saturated rings. The Bertz CT molecular complexity index is 425. The quantitative estimate of drug-likeness (QED) is 0.830. The molecule has 102 valence electrons. The van der Waals surface area contributed by atoms with Gasteiger partial charge in [0.05, 0.1) is 5.92 Å². The summed E-state index contributed by atoms with van der Waals surface area (Å²) >= 11 is 0. The van der Waals surface area contributed by atoms with Crippen LogP contribution in [-0.2, 0) is 17.6 Å². The number of carbonyl (C=O) groups is 1. The van der Waals surface area contributed by atoms with Crippen LogP contribution in [0.3, 0.4) is 0 Å². The molecule has 0 aromatic heterocycles. The lowest BCUT2D eigenvalue weighted by Crippen LogP contribution is -2.44. The van der Waals surface area contributed by atoms with Crippen molar-refractivity contribution in [3.63, 3.8) is 0 Å². The van der Waals surface area contributed by atoms with E-state index in [1.807, 2.05) is 0 Å². The molecule has 3 nitrogen and oxygen atoms in total. The number of carbonyl (C=O) groups excluding carboxylic acids is 1. The molecule has 2 aliphatic rings. The predicted octanol–water partition coefficient (Wildman–Crippen LogP) is 1.61. The van der Waals surface area contributed by atoms with Gasteiger partial charge in [-0.15, -0.1) is 0 Å². The summed E-state index contributed by atoms with van der Waals surface area (Å²) in [6.07, 6.45) is 4.18. The van der Waals surface area contributed by atoms with Crippen LogP contribution in [0, 0.1) is 5.92 Å². The van der Waals surface area contributed by atoms with Crippen LogP contribution in [0.1, 0.15) is 24.0 Å². The van der Waals surface area contributed by atoms with Gasteiger partial charge in [-0.2, -0.15) is 0 Å². The van der Waals surface area contributed by atoms with E-state index < -0.39 is 0 Å². The highest BCUT2D eigenvalue weighted by molar-refractivity contribution is 5.79. The number of hydrogen-bond acceptors (Lipinski definition) is 2. The normalized spacial score (nSPS) is 23.6. The first-order valence-electron chi connectivity index (χ1n) is 7.41. The molecule has 1 saturated heterocycles. The van der Waals surface area contributed by atoms with Gasteiger partial charge in [-0.05, 0) is 43.4 Å². The number of piperidine rings is 1. The summed E-state index contributed by atoms with van der Waals surface area (Å²) < 4.78 is 0. The molecule has 1 amide bonds. The van der Waals surface area contributed by atoms with Gasteiger partial charge in [0.25, 0.3) is 0 Å². The smallest absolute Gasteiger partial charge is 0.226 e. The molecule has 3 rings (SSSR count). The average Bonchev–Trinajstić information content (AvgIpc) is 2.70. The third-order valence-corrected chi connectivity index (χ3v) is 4.38. The summed E-state index contributed by atoms with van der Waals surface area (Å²) in [6.45, 7) is 3.69. The predicted molar refractivity (Wildman–Crippen MR) is 76.0 cm³/mol. The molecule has 1 aromatic carbocycles. The monoisotopic (exact) mass is 258 g/mol. The maximum absolute atomic E-state index is 12.5. The van der Waals surface area contributed by atoms with E-state index >= 15 is 0 Å². The molecule has 1 N–H and O–H groups in total. The Morgan fingerprint density at radius 2 is 1.84 bits per heavy atom. The number of nitrogens with one attached hydrogen (secondary N) is 1. The highest BCUT2D eigenvalue weighted by Gasteiger charge is 2.26. The molecular formula is C16H22N2O. The summed E-state index contributed by atoms with van der Waals surface area (Å²) in [4.78, 5) is 14.6. The Labute approximate surface area is 115 Å². The Kier molecular flexibility index (Phi) is 3.83. The Hall–Kier alpha value is -1.35. The van der Waals surface area contributed by atoms with E-state index in [1.54, 1.807) is 0 Å². The van der Waals surface area contributed by atoms with Gasteiger partial charge in [0.15, 0.2) is 0 Å². The van der Waals surface area contributed by atoms with Crippen LogP contribution in [0.25, 0.3) is 0 Å². The summed E-state index contributed by atoms with van der Waals surface area (Å²) in [7, 11) is 0. The molecular weight excluding hydrogens is 236 g/mol. The maximum atomic E-state index is 12.5. The van der Waals surface area contributed by atoms with Crippen LogP contribution < -0.4 is 5.32 Å². The van der Waals surface area contributed by atoms with E-state index in [2.05, 4.69) is 34.5 Å². The lowest BCUT2D eigenvalue weighted by Gasteiger charge is -2.28. The van der Waals surface area contributed by atoms with E-state index in [9.17, 15) is 4.79 Å². The second-order valence-corrected chi connectivity index (χ2v) is 5.64. The highest BCUT2D eigenvalue weighted by atomic mass is 16.2. The van der Waals surface area contributed by atoms with Crippen molar-refractivity contribution in [2.75, 3.05) is 26.2 Å². The third kappa shape index (κ3) is 2.81. The van der Waals surface area contributed by atoms with E-state index in [1.165, 1.54) is 11.1 Å². The van der Waals surface area contributed by atoms with Crippen LogP contribution in [0.2, 0.25) is 0 Å². The van der Waals surface area contributed by atoms with Gasteiger partial charge < -0.3 is 10.2 Å². The van der Waals surface area contributed by atoms with Gasteiger partial charge in [-0.3, -0.25) is 4.79 Å². The maximum Gasteiger partial charge on any atom is 0.226 e. The largest absolute Gasteiger partial charge is 0.342 e. The lowest BCUT2D eigenvalue weighted by atomic mass is 9.98. The fraction of sp³-hybridized carbons (Fsp3) is 0.562. The molecule has 0 radical (unpaired) electrons. The van der Waals surface area contributed by atoms with Crippen molar-refractivity contribution in [2.45, 2.75) is 25.7 Å². The summed E-state index contributed by atoms with van der Waals surface area (Å²) in [5.74, 6) is 0.565. The number of rotatable bonds is 1. The molecule has 2 aliphatic heterocycles. The van der Waals surface area contributed by atoms with Crippen LogP contribution in [0.5, 0.6) is 0 Å². The first kappa shape index (κ1) is 12.7. The van der Waals surface area contributed by atoms with E-state index in [0.717, 1.165) is 51.9 Å². The van der Waals surface area contributed by atoms with Crippen molar-refractivity contribution >= 4 is 5.91 Å². The number of hydrogen-bond donors (Lipinski definition) is 1. The topological polar surface area (TPSA) is 32.3 Å². The molecule has 19 heavy (non-hydrogen) atoms. The minimum atomic E-state index is 0.204. The zero-order chi connectivity index (χ0) is 13.1. The number of nitrogens with zero attached hydrogens (tertiary/aromatic N) is 1. The third-order valence-electron chi connectivity index (χ3n) is 4.38. The molecule has 0 aliphatic carbocycles. The van der Waals surface area contributed by atoms with Gasteiger partial charge in [-0.1, -0.05) is 24.3 Å². The molecule has 3 heteroatoms. The lowest BCUT2D eigenvalue weighted by molar-refractivity contribution is -0.135. The van der Waals surface area contributed by atoms with Gasteiger partial charge in [0, 0.05) is 19.6 Å². The van der Waals surface area contributed by atoms with Crippen molar-refractivity contribution in [2.24, 2.45) is 5.92 Å². The van der Waals surface area contributed by atoms with Crippen molar-refractivity contribution < 1.29 is 4.79 Å². The molecule has 1 aromatic rings. The minimum Gasteiger partial charge on any atom is -0.342 e. The minimum absolute atomic E-state index is 0.204. The van der Waals surface area contributed by atoms with Gasteiger partial charge in [0.2, 0.25) is 5.91 Å². The van der Waals surface area contributed by atoms with Crippen molar-refractivity contribution in [1.29, 1.82) is 0 Å². The van der Waals surface area contributed by atoms with Crippen molar-refractivity contribution in [3.05, 3.63) is 35.4 Å². The Morgan fingerprint density at radius 3 is 2.42 bits per heavy atom. The molecule has 0 bridgehead atoms. The van der Waals surface area contributed by atoms with Gasteiger partial charge in [-0.25, -0.2) is 0 Å². The van der Waals surface area contributed by atoms with Gasteiger partial charge >= 0.3 is 0 Å². The number of amides is 1. The SMILES string of the molecule is O=C(C1CCCNC1)N1CCc2ccccc2CC1. The summed E-state index contributed by atoms with van der Waals surface area (Å²) in [6, 6.07) is 8.60. The first-order valence-corrected chi connectivity index (χ1v) is 7.41. The van der Waals surface area contributed by atoms with E-state index in [4.69, 9.17) is 0 Å². The highest BCUT2D eigenvalue weighted by Crippen LogP contribution is 2.19. The Balaban J connectivity index is 1.66. The standard InChI is InChI=1S/C16H22N2O/c19-16(15-6-3-9-17-12-15)18-10-7-13-4-1-2-5-14(13)8-11-18/h1-2,4-5,15,17H,3,6-12H2. The fourth-order valence-electron chi connectivity index (χ4n) is 3.21. The molecule has 2 heterocycles. The molecule has 0 spiro atoms. The zero-order valence-corrected chi connectivity index (χ0v) is 11.4. The average molecular weight is 258 g/mol. The van der Waals surface area contributed by atoms with Crippen LogP contribution >= 0.6 is 0 Å². The summed E-state index contributed by atoms with van der Waals surface area (Å²) in [5.41, 5.74) is 2.83. The van der Waals surface area contributed by atoms with E-state index in [-0.39, 0.29) is 5.92 Å². The Morgan fingerprint density at radius 1 is 1.16 bits per heavy atom. The van der Waals surface area contributed by atoms with Crippen LogP contribution in [-0.4, -0.2) is 37.0 Å². The second kappa shape index (κ2) is 5.74. The molecule has 1 atom stereocenters. The number of benzene rings is 1. The van der Waals surface area contributed by atoms with Crippen LogP contribution in [0.4, 0.5) is 0 Å². The van der Waals surface area contributed by atoms with Crippen molar-refractivity contribution in [1.82, 2.24) is 10.2 Å². The second-order valence-electron chi connectivity index (χ2n) is 5.64. The van der Waals surface area contributed by atoms with Crippen LogP contribution in [0.15, 0.2) is 24.3 Å². The van der Waals surface area contributed by atoms with Gasteiger partial charge in [0.1, 0.15) is 0 Å². The number of fused-ring (bicyclic) bond motifs is 1.